The molecule has 0 bridgehead atoms. The lowest BCUT2D eigenvalue weighted by Crippen LogP contribution is -1.53. The van der Waals surface area contributed by atoms with Gasteiger partial charge in [0.25, 0.3) is 0 Å². The molecule has 0 spiro atoms. The molecule has 0 nitrogen and oxygen atoms in total. The number of rotatable bonds is 2. The monoisotopic (exact) mass is 224 g/mol. The van der Waals surface area contributed by atoms with E-state index in [-0.39, 0.29) is 0 Å². The van der Waals surface area contributed by atoms with Gasteiger partial charge in [-0.3, -0.25) is 0 Å². The Morgan fingerprint density at radius 2 is 2.50 bits per heavy atom. The van der Waals surface area contributed by atoms with Crippen molar-refractivity contribution in [3.05, 3.63) is 19.3 Å². The summed E-state index contributed by atoms with van der Waals surface area (Å²) in [6.45, 7) is 3.66. The van der Waals surface area contributed by atoms with Crippen LogP contribution in [-0.4, -0.2) is 0 Å². The average molecular weight is 224 g/mol. The van der Waals surface area contributed by atoms with Gasteiger partial charge in [-0.25, -0.2) is 0 Å². The molecular formula is C5H4S5. The van der Waals surface area contributed by atoms with Crippen LogP contribution in [0.2, 0.25) is 0 Å². The maximum atomic E-state index is 4.95. The molecule has 0 amide bonds. The molecule has 54 valence electrons. The molecule has 1 aromatic heterocycles. The lowest BCUT2D eigenvalue weighted by atomic mass is 11.1. The van der Waals surface area contributed by atoms with Crippen LogP contribution >= 0.6 is 59.3 Å². The quantitative estimate of drug-likeness (QED) is 0.457. The van der Waals surface area contributed by atoms with Crippen molar-refractivity contribution in [1.82, 2.24) is 0 Å². The van der Waals surface area contributed by atoms with Gasteiger partial charge in [0.05, 0.1) is 4.21 Å². The van der Waals surface area contributed by atoms with E-state index < -0.39 is 0 Å². The zero-order valence-electron chi connectivity index (χ0n) is 4.86. The zero-order valence-corrected chi connectivity index (χ0v) is 9.03. The third kappa shape index (κ3) is 2.75. The van der Waals surface area contributed by atoms with Crippen LogP contribution in [0.1, 0.15) is 0 Å². The minimum absolute atomic E-state index is 0.809. The molecular weight excluding hydrogens is 220 g/mol. The van der Waals surface area contributed by atoms with Crippen molar-refractivity contribution >= 4 is 59.3 Å². The van der Waals surface area contributed by atoms with Gasteiger partial charge in [0, 0.05) is 9.62 Å². The second-order valence-electron chi connectivity index (χ2n) is 1.40. The van der Waals surface area contributed by atoms with Gasteiger partial charge in [-0.1, -0.05) is 30.6 Å². The molecule has 0 atom stereocenters. The molecule has 0 unspecified atom stereocenters. The Labute approximate surface area is 82.4 Å². The SMILES string of the molecule is C=C(S)Sc1csc(=S)s1. The molecule has 0 saturated carbocycles. The predicted octanol–water partition coefficient (Wildman–Crippen LogP) is 4.03. The van der Waals surface area contributed by atoms with Gasteiger partial charge in [-0.2, -0.15) is 0 Å². The Hall–Kier alpha value is 0.710. The molecule has 0 aliphatic rings. The van der Waals surface area contributed by atoms with E-state index in [0.29, 0.717) is 0 Å². The summed E-state index contributed by atoms with van der Waals surface area (Å²) in [4.78, 5) is 0. The van der Waals surface area contributed by atoms with Crippen LogP contribution in [0.25, 0.3) is 0 Å². The van der Waals surface area contributed by atoms with Gasteiger partial charge < -0.3 is 0 Å². The van der Waals surface area contributed by atoms with Gasteiger partial charge in [-0.15, -0.1) is 35.3 Å². The molecule has 0 radical (unpaired) electrons. The van der Waals surface area contributed by atoms with Crippen LogP contribution in [0.4, 0.5) is 0 Å². The van der Waals surface area contributed by atoms with Gasteiger partial charge in [0.15, 0.2) is 0 Å². The summed E-state index contributed by atoms with van der Waals surface area (Å²) in [6, 6.07) is 0. The molecule has 5 heteroatoms. The molecule has 1 heterocycles. The first kappa shape index (κ1) is 8.80. The number of thioether (sulfide) groups is 1. The second kappa shape index (κ2) is 3.92. The van der Waals surface area contributed by atoms with Gasteiger partial charge in [-0.05, 0) is 0 Å². The molecule has 0 aliphatic carbocycles. The topological polar surface area (TPSA) is 0 Å². The zero-order chi connectivity index (χ0) is 7.56. The Morgan fingerprint density at radius 3 is 2.90 bits per heavy atom. The minimum atomic E-state index is 0.809. The molecule has 0 fully saturated rings. The van der Waals surface area contributed by atoms with E-state index in [4.69, 9.17) is 12.2 Å². The van der Waals surface area contributed by atoms with Crippen molar-refractivity contribution in [2.24, 2.45) is 0 Å². The fourth-order valence-corrected chi connectivity index (χ4v) is 4.19. The van der Waals surface area contributed by atoms with Crippen molar-refractivity contribution in [3.63, 3.8) is 0 Å². The summed E-state index contributed by atoms with van der Waals surface area (Å²) in [6.07, 6.45) is 0. The molecule has 0 aromatic carbocycles. The van der Waals surface area contributed by atoms with Crippen molar-refractivity contribution in [2.75, 3.05) is 0 Å². The maximum absolute atomic E-state index is 4.95. The van der Waals surface area contributed by atoms with Crippen LogP contribution in [0.3, 0.4) is 0 Å². The fourth-order valence-electron chi connectivity index (χ4n) is 0.387. The lowest BCUT2D eigenvalue weighted by molar-refractivity contribution is 1.84. The Bertz CT molecular complexity index is 280. The van der Waals surface area contributed by atoms with Crippen LogP contribution in [0.5, 0.6) is 0 Å². The third-order valence-corrected chi connectivity index (χ3v) is 4.39. The highest BCUT2D eigenvalue weighted by atomic mass is 32.2. The Kier molecular flexibility index (Phi) is 3.45. The molecule has 0 N–H and O–H groups in total. The molecule has 1 aromatic rings. The van der Waals surface area contributed by atoms with Crippen LogP contribution in [0, 0.1) is 3.14 Å². The third-order valence-electron chi connectivity index (χ3n) is 0.654. The smallest absolute Gasteiger partial charge is 0.137 e. The predicted molar refractivity (Wildman–Crippen MR) is 57.0 cm³/mol. The van der Waals surface area contributed by atoms with Crippen molar-refractivity contribution in [1.29, 1.82) is 0 Å². The number of hydrogen-bond acceptors (Lipinski definition) is 5. The summed E-state index contributed by atoms with van der Waals surface area (Å²) < 4.78 is 2.94. The highest BCUT2D eigenvalue weighted by Gasteiger charge is 1.95. The first-order valence-corrected chi connectivity index (χ1v) is 5.69. The second-order valence-corrected chi connectivity index (χ2v) is 6.76. The Balaban J connectivity index is 2.76. The van der Waals surface area contributed by atoms with Crippen molar-refractivity contribution in [3.8, 4) is 0 Å². The maximum Gasteiger partial charge on any atom is 0.144 e. The number of thiol groups is 1. The molecule has 0 saturated heterocycles. The molecule has 1 rings (SSSR count). The van der Waals surface area contributed by atoms with Gasteiger partial charge >= 0.3 is 0 Å². The van der Waals surface area contributed by atoms with Crippen molar-refractivity contribution < 1.29 is 0 Å². The first-order chi connectivity index (χ1) is 4.68. The standard InChI is InChI=1S/C5H4S5/c1-3(6)9-4-2-8-5(7)10-4/h2,6H,1H2. The van der Waals surface area contributed by atoms with Crippen LogP contribution in [0.15, 0.2) is 20.4 Å². The minimum Gasteiger partial charge on any atom is -0.137 e. The Morgan fingerprint density at radius 1 is 1.80 bits per heavy atom. The van der Waals surface area contributed by atoms with Crippen LogP contribution < -0.4 is 0 Å². The summed E-state index contributed by atoms with van der Waals surface area (Å²) in [5.41, 5.74) is 0. The fraction of sp³-hybridized carbons (Fsp3) is 0. The highest BCUT2D eigenvalue weighted by Crippen LogP contribution is 2.33. The summed E-state index contributed by atoms with van der Waals surface area (Å²) in [5, 5.41) is 2.03. The average Bonchev–Trinajstić information content (AvgIpc) is 2.13. The first-order valence-electron chi connectivity index (χ1n) is 2.33. The number of hydrogen-bond donors (Lipinski definition) is 1. The van der Waals surface area contributed by atoms with E-state index in [1.807, 2.05) is 5.38 Å². The van der Waals surface area contributed by atoms with E-state index in [1.54, 1.807) is 34.4 Å². The largest absolute Gasteiger partial charge is 0.144 e. The van der Waals surface area contributed by atoms with E-state index in [0.717, 1.165) is 7.37 Å². The van der Waals surface area contributed by atoms with Crippen LogP contribution in [-0.2, 0) is 0 Å². The lowest BCUT2D eigenvalue weighted by Gasteiger charge is -1.89. The molecule has 10 heavy (non-hydrogen) atoms. The van der Waals surface area contributed by atoms with Gasteiger partial charge in [0.2, 0.25) is 0 Å². The molecule has 0 aliphatic heterocycles. The summed E-state index contributed by atoms with van der Waals surface area (Å²) in [7, 11) is 0. The van der Waals surface area contributed by atoms with Crippen molar-refractivity contribution in [2.45, 2.75) is 4.21 Å². The van der Waals surface area contributed by atoms with E-state index in [9.17, 15) is 0 Å². The highest BCUT2D eigenvalue weighted by molar-refractivity contribution is 8.16. The van der Waals surface area contributed by atoms with E-state index in [2.05, 4.69) is 19.2 Å². The van der Waals surface area contributed by atoms with Gasteiger partial charge in [0.1, 0.15) is 3.14 Å². The summed E-state index contributed by atoms with van der Waals surface area (Å²) >= 11 is 13.8. The van der Waals surface area contributed by atoms with E-state index >= 15 is 0 Å². The normalized spacial score (nSPS) is 9.70. The van der Waals surface area contributed by atoms with E-state index in [1.165, 1.54) is 4.21 Å². The summed E-state index contributed by atoms with van der Waals surface area (Å²) in [5.74, 6) is 0.